The predicted molar refractivity (Wildman–Crippen MR) is 75.8 cm³/mol. The van der Waals surface area contributed by atoms with E-state index in [1.54, 1.807) is 6.20 Å². The zero-order chi connectivity index (χ0) is 13.1. The average Bonchev–Trinajstić information content (AvgIpc) is 2.38. The third-order valence-corrected chi connectivity index (χ3v) is 3.93. The summed E-state index contributed by atoms with van der Waals surface area (Å²) >= 11 is 9.37. The van der Waals surface area contributed by atoms with Gasteiger partial charge in [-0.2, -0.15) is 5.26 Å². The molecule has 1 aromatic heterocycles. The van der Waals surface area contributed by atoms with Gasteiger partial charge in [0.05, 0.1) is 21.6 Å². The van der Waals surface area contributed by atoms with Gasteiger partial charge in [-0.15, -0.1) is 0 Å². The van der Waals surface area contributed by atoms with Gasteiger partial charge in [0.15, 0.2) is 0 Å². The molecule has 1 fully saturated rings. The third kappa shape index (κ3) is 2.94. The van der Waals surface area contributed by atoms with Crippen LogP contribution in [0.4, 0.5) is 5.82 Å². The van der Waals surface area contributed by atoms with Gasteiger partial charge >= 0.3 is 0 Å². The van der Waals surface area contributed by atoms with Crippen molar-refractivity contribution in [2.75, 3.05) is 31.1 Å². The van der Waals surface area contributed by atoms with Gasteiger partial charge in [0.2, 0.25) is 0 Å². The van der Waals surface area contributed by atoms with Crippen LogP contribution in [-0.2, 0) is 0 Å². The van der Waals surface area contributed by atoms with Gasteiger partial charge in [-0.3, -0.25) is 4.90 Å². The van der Waals surface area contributed by atoms with Gasteiger partial charge in [-0.05, 0) is 28.9 Å². The van der Waals surface area contributed by atoms with E-state index in [1.165, 1.54) is 0 Å². The van der Waals surface area contributed by atoms with Crippen molar-refractivity contribution in [2.24, 2.45) is 0 Å². The fraction of sp³-hybridized carbons (Fsp3) is 0.500. The Kier molecular flexibility index (Phi) is 4.44. The molecule has 0 N–H and O–H groups in total. The minimum absolute atomic E-state index is 0.0197. The molecule has 2 heterocycles. The molecular formula is C12H14BrClN4. The zero-order valence-corrected chi connectivity index (χ0v) is 12.4. The fourth-order valence-electron chi connectivity index (χ4n) is 2.04. The lowest BCUT2D eigenvalue weighted by molar-refractivity contribution is 0.231. The summed E-state index contributed by atoms with van der Waals surface area (Å²) in [5.74, 6) is 0.920. The maximum Gasteiger partial charge on any atom is 0.143 e. The number of rotatable bonds is 2. The topological polar surface area (TPSA) is 43.2 Å². The zero-order valence-electron chi connectivity index (χ0n) is 10.1. The van der Waals surface area contributed by atoms with Crippen LogP contribution in [0.25, 0.3) is 0 Å². The van der Waals surface area contributed by atoms with E-state index in [0.29, 0.717) is 5.02 Å². The van der Waals surface area contributed by atoms with Crippen LogP contribution in [-0.4, -0.2) is 42.1 Å². The quantitative estimate of drug-likeness (QED) is 0.836. The largest absolute Gasteiger partial charge is 0.353 e. The molecule has 0 spiro atoms. The highest BCUT2D eigenvalue weighted by molar-refractivity contribution is 9.10. The number of halogens is 2. The van der Waals surface area contributed by atoms with E-state index in [9.17, 15) is 0 Å². The van der Waals surface area contributed by atoms with Crippen LogP contribution in [0.15, 0.2) is 16.7 Å². The number of pyridine rings is 1. The molecule has 0 radical (unpaired) electrons. The Bertz CT molecular complexity index is 466. The Hall–Kier alpha value is -0.830. The number of nitrogens with zero attached hydrogens (tertiary/aromatic N) is 4. The van der Waals surface area contributed by atoms with Gasteiger partial charge in [-0.25, -0.2) is 4.98 Å². The predicted octanol–water partition coefficient (Wildman–Crippen LogP) is 2.53. The summed E-state index contributed by atoms with van der Waals surface area (Å²) in [7, 11) is 0. The van der Waals surface area contributed by atoms with E-state index in [4.69, 9.17) is 16.9 Å². The Morgan fingerprint density at radius 2 is 2.11 bits per heavy atom. The minimum atomic E-state index is -0.0197. The minimum Gasteiger partial charge on any atom is -0.353 e. The van der Waals surface area contributed by atoms with Gasteiger partial charge < -0.3 is 4.90 Å². The Morgan fingerprint density at radius 1 is 1.44 bits per heavy atom. The van der Waals surface area contributed by atoms with E-state index in [1.807, 2.05) is 13.0 Å². The number of piperazine rings is 1. The van der Waals surface area contributed by atoms with Gasteiger partial charge in [0, 0.05) is 32.4 Å². The van der Waals surface area contributed by atoms with Gasteiger partial charge in [0.25, 0.3) is 0 Å². The van der Waals surface area contributed by atoms with Crippen molar-refractivity contribution in [3.8, 4) is 6.07 Å². The fourth-order valence-corrected chi connectivity index (χ4v) is 2.93. The molecule has 6 heteroatoms. The second kappa shape index (κ2) is 5.87. The maximum atomic E-state index is 8.90. The summed E-state index contributed by atoms with van der Waals surface area (Å²) in [6.45, 7) is 5.45. The van der Waals surface area contributed by atoms with E-state index >= 15 is 0 Å². The number of nitriles is 1. The molecule has 0 aromatic carbocycles. The standard InChI is InChI=1S/C12H14BrClN4/c1-9(7-15)17-2-4-18(5-3-17)12-11(13)6-10(14)8-16-12/h6,8-9H,2-5H2,1H3. The van der Waals surface area contributed by atoms with Crippen molar-refractivity contribution in [1.29, 1.82) is 5.26 Å². The summed E-state index contributed by atoms with van der Waals surface area (Å²) in [5.41, 5.74) is 0. The molecule has 1 unspecified atom stereocenters. The normalized spacial score (nSPS) is 18.4. The molecule has 1 saturated heterocycles. The number of aromatic nitrogens is 1. The molecule has 0 amide bonds. The van der Waals surface area contributed by atoms with Crippen LogP contribution in [0.1, 0.15) is 6.92 Å². The Morgan fingerprint density at radius 3 is 2.67 bits per heavy atom. The molecule has 18 heavy (non-hydrogen) atoms. The second-order valence-electron chi connectivity index (χ2n) is 4.29. The van der Waals surface area contributed by atoms with Crippen molar-refractivity contribution >= 4 is 33.3 Å². The lowest BCUT2D eigenvalue weighted by Crippen LogP contribution is -2.49. The summed E-state index contributed by atoms with van der Waals surface area (Å²) < 4.78 is 0.914. The third-order valence-electron chi connectivity index (χ3n) is 3.14. The number of hydrogen-bond donors (Lipinski definition) is 0. The van der Waals surface area contributed by atoms with Crippen molar-refractivity contribution in [2.45, 2.75) is 13.0 Å². The molecule has 1 aliphatic rings. The number of anilines is 1. The molecule has 0 saturated carbocycles. The first-order valence-corrected chi connectivity index (χ1v) is 6.98. The maximum absolute atomic E-state index is 8.90. The molecule has 0 aliphatic carbocycles. The summed E-state index contributed by atoms with van der Waals surface area (Å²) in [6.07, 6.45) is 1.66. The van der Waals surface area contributed by atoms with E-state index in [0.717, 1.165) is 36.5 Å². The highest BCUT2D eigenvalue weighted by Gasteiger charge is 2.22. The molecule has 1 aromatic rings. The number of hydrogen-bond acceptors (Lipinski definition) is 4. The lowest BCUT2D eigenvalue weighted by Gasteiger charge is -2.36. The molecule has 96 valence electrons. The van der Waals surface area contributed by atoms with E-state index < -0.39 is 0 Å². The Labute approximate surface area is 120 Å². The van der Waals surface area contributed by atoms with E-state index in [-0.39, 0.29) is 6.04 Å². The van der Waals surface area contributed by atoms with E-state index in [2.05, 4.69) is 36.8 Å². The monoisotopic (exact) mass is 328 g/mol. The van der Waals surface area contributed by atoms with Gasteiger partial charge in [0.1, 0.15) is 5.82 Å². The molecule has 4 nitrogen and oxygen atoms in total. The van der Waals surface area contributed by atoms with Crippen molar-refractivity contribution in [3.63, 3.8) is 0 Å². The van der Waals surface area contributed by atoms with Crippen LogP contribution in [0, 0.1) is 11.3 Å². The first kappa shape index (κ1) is 13.6. The summed E-state index contributed by atoms with van der Waals surface area (Å²) in [4.78, 5) is 8.75. The summed E-state index contributed by atoms with van der Waals surface area (Å²) in [6, 6.07) is 4.11. The molecule has 1 aliphatic heterocycles. The average molecular weight is 330 g/mol. The van der Waals surface area contributed by atoms with Crippen LogP contribution in [0.2, 0.25) is 5.02 Å². The first-order chi connectivity index (χ1) is 8.61. The Balaban J connectivity index is 2.04. The highest BCUT2D eigenvalue weighted by atomic mass is 79.9. The van der Waals surface area contributed by atoms with Crippen LogP contribution in [0.5, 0.6) is 0 Å². The SMILES string of the molecule is CC(C#N)N1CCN(c2ncc(Cl)cc2Br)CC1. The van der Waals surface area contributed by atoms with Crippen molar-refractivity contribution in [1.82, 2.24) is 9.88 Å². The van der Waals surface area contributed by atoms with Crippen LogP contribution >= 0.6 is 27.5 Å². The molecule has 1 atom stereocenters. The van der Waals surface area contributed by atoms with Gasteiger partial charge in [-0.1, -0.05) is 11.6 Å². The van der Waals surface area contributed by atoms with Crippen LogP contribution < -0.4 is 4.90 Å². The second-order valence-corrected chi connectivity index (χ2v) is 5.58. The molecule has 2 rings (SSSR count). The smallest absolute Gasteiger partial charge is 0.143 e. The lowest BCUT2D eigenvalue weighted by atomic mass is 10.2. The molecular weight excluding hydrogens is 316 g/mol. The molecule has 0 bridgehead atoms. The first-order valence-electron chi connectivity index (χ1n) is 5.81. The van der Waals surface area contributed by atoms with Crippen molar-refractivity contribution < 1.29 is 0 Å². The summed E-state index contributed by atoms with van der Waals surface area (Å²) in [5, 5.41) is 9.53. The highest BCUT2D eigenvalue weighted by Crippen LogP contribution is 2.27. The van der Waals surface area contributed by atoms with Crippen LogP contribution in [0.3, 0.4) is 0 Å². The van der Waals surface area contributed by atoms with Crippen molar-refractivity contribution in [3.05, 3.63) is 21.8 Å².